The summed E-state index contributed by atoms with van der Waals surface area (Å²) in [6.45, 7) is 2.98. The predicted octanol–water partition coefficient (Wildman–Crippen LogP) is 2.40. The van der Waals surface area contributed by atoms with E-state index in [1.165, 1.54) is 0 Å². The number of nitrogens with one attached hydrogen (secondary N) is 1. The number of likely N-dealkylation sites (tertiary alicyclic amines) is 1. The van der Waals surface area contributed by atoms with E-state index in [9.17, 15) is 13.2 Å². The molecule has 16 heavy (non-hydrogen) atoms. The largest absolute Gasteiger partial charge is 0.390 e. The van der Waals surface area contributed by atoms with Crippen LogP contribution in [0.3, 0.4) is 0 Å². The molecule has 0 aliphatic carbocycles. The monoisotopic (exact) mass is 238 g/mol. The van der Waals surface area contributed by atoms with Gasteiger partial charge in [0.25, 0.3) is 0 Å². The van der Waals surface area contributed by atoms with Gasteiger partial charge in [0.2, 0.25) is 0 Å². The molecule has 1 rings (SSSR count). The summed E-state index contributed by atoms with van der Waals surface area (Å²) in [6.07, 6.45) is -1.59. The molecule has 1 N–H and O–H groups in total. The first-order valence-electron chi connectivity index (χ1n) is 5.92. The maximum Gasteiger partial charge on any atom is 0.390 e. The fraction of sp³-hybridized carbons (Fsp3) is 1.00. The molecule has 1 saturated heterocycles. The number of alkyl halides is 3. The van der Waals surface area contributed by atoms with E-state index in [1.807, 2.05) is 18.9 Å². The van der Waals surface area contributed by atoms with Gasteiger partial charge in [0.05, 0.1) is 6.42 Å². The van der Waals surface area contributed by atoms with E-state index in [2.05, 4.69) is 5.32 Å². The Morgan fingerprint density at radius 2 is 2.06 bits per heavy atom. The van der Waals surface area contributed by atoms with Gasteiger partial charge in [0.1, 0.15) is 0 Å². The molecule has 96 valence electrons. The summed E-state index contributed by atoms with van der Waals surface area (Å²) < 4.78 is 36.5. The van der Waals surface area contributed by atoms with Crippen molar-refractivity contribution < 1.29 is 13.2 Å². The first-order valence-corrected chi connectivity index (χ1v) is 5.92. The standard InChI is InChI=1S/C11H21F3N2/c1-9(15-2)10-5-3-4-7-16(10)8-6-11(12,13)14/h9-10,15H,3-8H2,1-2H3. The van der Waals surface area contributed by atoms with Crippen molar-refractivity contribution in [2.75, 3.05) is 20.1 Å². The van der Waals surface area contributed by atoms with Crippen LogP contribution in [0, 0.1) is 0 Å². The first kappa shape index (κ1) is 13.8. The van der Waals surface area contributed by atoms with Gasteiger partial charge in [-0.1, -0.05) is 6.42 Å². The topological polar surface area (TPSA) is 15.3 Å². The van der Waals surface area contributed by atoms with E-state index in [1.54, 1.807) is 0 Å². The Morgan fingerprint density at radius 1 is 1.38 bits per heavy atom. The van der Waals surface area contributed by atoms with E-state index in [0.717, 1.165) is 25.8 Å². The lowest BCUT2D eigenvalue weighted by molar-refractivity contribution is -0.140. The zero-order valence-corrected chi connectivity index (χ0v) is 9.98. The van der Waals surface area contributed by atoms with E-state index in [0.29, 0.717) is 0 Å². The van der Waals surface area contributed by atoms with Gasteiger partial charge in [-0.2, -0.15) is 13.2 Å². The van der Waals surface area contributed by atoms with Crippen LogP contribution in [0.1, 0.15) is 32.6 Å². The van der Waals surface area contributed by atoms with Gasteiger partial charge >= 0.3 is 6.18 Å². The Labute approximate surface area is 95.2 Å². The highest BCUT2D eigenvalue weighted by Crippen LogP contribution is 2.24. The molecular formula is C11H21F3N2. The highest BCUT2D eigenvalue weighted by Gasteiger charge is 2.32. The van der Waals surface area contributed by atoms with Gasteiger partial charge in [-0.3, -0.25) is 4.90 Å². The van der Waals surface area contributed by atoms with Crippen LogP contribution >= 0.6 is 0 Å². The molecule has 0 aromatic carbocycles. The second-order valence-corrected chi connectivity index (χ2v) is 4.54. The number of piperidine rings is 1. The molecule has 2 unspecified atom stereocenters. The second kappa shape index (κ2) is 5.87. The van der Waals surface area contributed by atoms with Crippen molar-refractivity contribution in [2.45, 2.75) is 50.9 Å². The molecule has 0 aromatic heterocycles. The average molecular weight is 238 g/mol. The van der Waals surface area contributed by atoms with Crippen molar-refractivity contribution in [3.63, 3.8) is 0 Å². The minimum atomic E-state index is -4.04. The lowest BCUT2D eigenvalue weighted by Gasteiger charge is -2.39. The number of hydrogen-bond donors (Lipinski definition) is 1. The third kappa shape index (κ3) is 4.29. The summed E-state index contributed by atoms with van der Waals surface area (Å²) in [7, 11) is 1.86. The lowest BCUT2D eigenvalue weighted by Crippen LogP contribution is -2.50. The number of rotatable bonds is 4. The smallest absolute Gasteiger partial charge is 0.316 e. The van der Waals surface area contributed by atoms with Crippen LogP contribution in [0.2, 0.25) is 0 Å². The Bertz CT molecular complexity index is 206. The van der Waals surface area contributed by atoms with Crippen molar-refractivity contribution in [1.82, 2.24) is 10.2 Å². The second-order valence-electron chi connectivity index (χ2n) is 4.54. The minimum absolute atomic E-state index is 0.139. The highest BCUT2D eigenvalue weighted by atomic mass is 19.4. The summed E-state index contributed by atoms with van der Waals surface area (Å²) >= 11 is 0. The minimum Gasteiger partial charge on any atom is -0.316 e. The molecule has 1 aliphatic rings. The third-order valence-corrected chi connectivity index (χ3v) is 3.38. The number of likely N-dealkylation sites (N-methyl/N-ethyl adjacent to an activating group) is 1. The molecule has 0 amide bonds. The van der Waals surface area contributed by atoms with Crippen molar-refractivity contribution in [2.24, 2.45) is 0 Å². The van der Waals surface area contributed by atoms with Gasteiger partial charge in [0.15, 0.2) is 0 Å². The molecule has 1 fully saturated rings. The maximum absolute atomic E-state index is 12.2. The van der Waals surface area contributed by atoms with Crippen molar-refractivity contribution in [1.29, 1.82) is 0 Å². The molecule has 0 aromatic rings. The molecule has 0 radical (unpaired) electrons. The van der Waals surface area contributed by atoms with Crippen molar-refractivity contribution in [3.8, 4) is 0 Å². The van der Waals surface area contributed by atoms with Gasteiger partial charge in [-0.15, -0.1) is 0 Å². The Kier molecular flexibility index (Phi) is 5.05. The summed E-state index contributed by atoms with van der Waals surface area (Å²) in [5.41, 5.74) is 0. The fourth-order valence-corrected chi connectivity index (χ4v) is 2.32. The van der Waals surface area contributed by atoms with Crippen molar-refractivity contribution >= 4 is 0 Å². The van der Waals surface area contributed by atoms with Crippen LogP contribution in [0.25, 0.3) is 0 Å². The molecule has 0 saturated carbocycles. The Hall–Kier alpha value is -0.290. The van der Waals surface area contributed by atoms with Crippen LogP contribution < -0.4 is 5.32 Å². The molecule has 0 spiro atoms. The number of hydrogen-bond acceptors (Lipinski definition) is 2. The zero-order valence-electron chi connectivity index (χ0n) is 9.98. The van der Waals surface area contributed by atoms with Gasteiger partial charge in [0, 0.05) is 18.6 Å². The van der Waals surface area contributed by atoms with Crippen LogP contribution in [-0.4, -0.2) is 43.3 Å². The molecule has 1 heterocycles. The molecule has 2 atom stereocenters. The third-order valence-electron chi connectivity index (χ3n) is 3.38. The molecule has 1 aliphatic heterocycles. The fourth-order valence-electron chi connectivity index (χ4n) is 2.32. The van der Waals surface area contributed by atoms with E-state index < -0.39 is 12.6 Å². The highest BCUT2D eigenvalue weighted by molar-refractivity contribution is 4.84. The summed E-state index contributed by atoms with van der Waals surface area (Å²) in [4.78, 5) is 1.98. The van der Waals surface area contributed by atoms with E-state index in [-0.39, 0.29) is 18.6 Å². The van der Waals surface area contributed by atoms with Gasteiger partial charge in [-0.05, 0) is 33.4 Å². The van der Waals surface area contributed by atoms with Crippen LogP contribution in [0.4, 0.5) is 13.2 Å². The molecule has 5 heteroatoms. The summed E-state index contributed by atoms with van der Waals surface area (Å²) in [5, 5.41) is 3.14. The molecule has 2 nitrogen and oxygen atoms in total. The lowest BCUT2D eigenvalue weighted by atomic mass is 9.96. The normalized spacial score (nSPS) is 25.7. The zero-order chi connectivity index (χ0) is 12.2. The molecule has 0 bridgehead atoms. The Balaban J connectivity index is 2.47. The van der Waals surface area contributed by atoms with Crippen LogP contribution in [0.15, 0.2) is 0 Å². The van der Waals surface area contributed by atoms with Gasteiger partial charge < -0.3 is 5.32 Å². The quantitative estimate of drug-likeness (QED) is 0.809. The average Bonchev–Trinajstić information content (AvgIpc) is 2.25. The number of halogens is 3. The first-order chi connectivity index (χ1) is 7.44. The van der Waals surface area contributed by atoms with Crippen molar-refractivity contribution in [3.05, 3.63) is 0 Å². The SMILES string of the molecule is CNC(C)C1CCCCN1CCC(F)(F)F. The summed E-state index contributed by atoms with van der Waals surface area (Å²) in [5.74, 6) is 0. The van der Waals surface area contributed by atoms with E-state index in [4.69, 9.17) is 0 Å². The van der Waals surface area contributed by atoms with E-state index >= 15 is 0 Å². The summed E-state index contributed by atoms with van der Waals surface area (Å²) in [6, 6.07) is 0.509. The van der Waals surface area contributed by atoms with Crippen LogP contribution in [-0.2, 0) is 0 Å². The Morgan fingerprint density at radius 3 is 2.62 bits per heavy atom. The predicted molar refractivity (Wildman–Crippen MR) is 58.4 cm³/mol. The molecular weight excluding hydrogens is 217 g/mol. The number of nitrogens with zero attached hydrogens (tertiary/aromatic N) is 1. The van der Waals surface area contributed by atoms with Gasteiger partial charge in [-0.25, -0.2) is 0 Å². The maximum atomic E-state index is 12.2. The van der Waals surface area contributed by atoms with Crippen LogP contribution in [0.5, 0.6) is 0 Å².